The van der Waals surface area contributed by atoms with Crippen LogP contribution in [0, 0.1) is 5.82 Å². The fraction of sp³-hybridized carbons (Fsp3) is 0.500. The average molecular weight is 245 g/mol. The quantitative estimate of drug-likeness (QED) is 0.819. The van der Waals surface area contributed by atoms with Crippen molar-refractivity contribution in [2.45, 2.75) is 37.3 Å². The molecule has 0 bridgehead atoms. The summed E-state index contributed by atoms with van der Waals surface area (Å²) >= 11 is 0. The fourth-order valence-electron chi connectivity index (χ4n) is 3.58. The molecule has 4 heteroatoms. The molecule has 0 radical (unpaired) electrons. The molecule has 0 aromatic heterocycles. The van der Waals surface area contributed by atoms with Gasteiger partial charge in [0.25, 0.3) is 0 Å². The number of benzene rings is 1. The van der Waals surface area contributed by atoms with Gasteiger partial charge in [-0.3, -0.25) is 4.99 Å². The summed E-state index contributed by atoms with van der Waals surface area (Å²) in [4.78, 5) is 6.70. The Bertz CT molecular complexity index is 550. The highest BCUT2D eigenvalue weighted by atomic mass is 19.1. The van der Waals surface area contributed by atoms with E-state index in [1.807, 2.05) is 0 Å². The topological polar surface area (TPSA) is 41.6 Å². The van der Waals surface area contributed by atoms with Crippen LogP contribution in [0.2, 0.25) is 0 Å². The molecule has 1 heterocycles. The minimum atomic E-state index is -0.150. The van der Waals surface area contributed by atoms with Crippen molar-refractivity contribution in [2.24, 2.45) is 10.7 Å². The van der Waals surface area contributed by atoms with Gasteiger partial charge in [-0.05, 0) is 42.9 Å². The molecule has 0 amide bonds. The van der Waals surface area contributed by atoms with E-state index >= 15 is 0 Å². The summed E-state index contributed by atoms with van der Waals surface area (Å²) < 4.78 is 13.9. The Morgan fingerprint density at radius 3 is 3.00 bits per heavy atom. The minimum Gasteiger partial charge on any atom is -0.370 e. The standard InChI is InChI=1S/C14H16FN3/c15-12-3-1-2-11-10(12)6-7-14(11)8-17-13(16)18(14)9-4-5-9/h1-3,9H,4-8H2,(H2,16,17). The zero-order chi connectivity index (χ0) is 12.3. The molecule has 3 nitrogen and oxygen atoms in total. The van der Waals surface area contributed by atoms with Gasteiger partial charge >= 0.3 is 0 Å². The monoisotopic (exact) mass is 245 g/mol. The maximum Gasteiger partial charge on any atom is 0.192 e. The van der Waals surface area contributed by atoms with Crippen LogP contribution in [0.15, 0.2) is 23.2 Å². The van der Waals surface area contributed by atoms with Crippen LogP contribution in [0.3, 0.4) is 0 Å². The van der Waals surface area contributed by atoms with Gasteiger partial charge in [0.15, 0.2) is 5.96 Å². The second-order valence-corrected chi connectivity index (χ2v) is 5.57. The number of guanidine groups is 1. The first-order chi connectivity index (χ1) is 8.72. The van der Waals surface area contributed by atoms with E-state index in [4.69, 9.17) is 5.73 Å². The number of aliphatic imine (C=N–C) groups is 1. The third-order valence-corrected chi connectivity index (χ3v) is 4.53. The Labute approximate surface area is 105 Å². The third-order valence-electron chi connectivity index (χ3n) is 4.53. The normalized spacial score (nSPS) is 29.8. The Hall–Kier alpha value is -1.58. The summed E-state index contributed by atoms with van der Waals surface area (Å²) in [5, 5.41) is 0. The van der Waals surface area contributed by atoms with E-state index in [0.717, 1.165) is 24.0 Å². The van der Waals surface area contributed by atoms with Gasteiger partial charge in [-0.25, -0.2) is 4.39 Å². The summed E-state index contributed by atoms with van der Waals surface area (Å²) in [6.07, 6.45) is 4.10. The molecular formula is C14H16FN3. The predicted octanol–water partition coefficient (Wildman–Crippen LogP) is 1.76. The molecule has 0 saturated heterocycles. The third kappa shape index (κ3) is 1.15. The molecule has 4 rings (SSSR count). The van der Waals surface area contributed by atoms with Crippen molar-refractivity contribution in [1.82, 2.24) is 4.90 Å². The summed E-state index contributed by atoms with van der Waals surface area (Å²) in [5.74, 6) is 0.570. The van der Waals surface area contributed by atoms with Crippen molar-refractivity contribution < 1.29 is 4.39 Å². The van der Waals surface area contributed by atoms with E-state index in [1.165, 1.54) is 12.8 Å². The number of nitrogens with two attached hydrogens (primary N) is 1. The van der Waals surface area contributed by atoms with Crippen molar-refractivity contribution in [2.75, 3.05) is 6.54 Å². The molecule has 18 heavy (non-hydrogen) atoms. The van der Waals surface area contributed by atoms with E-state index in [1.54, 1.807) is 12.1 Å². The minimum absolute atomic E-state index is 0.0782. The molecular weight excluding hydrogens is 229 g/mol. The van der Waals surface area contributed by atoms with Crippen molar-refractivity contribution in [3.63, 3.8) is 0 Å². The van der Waals surface area contributed by atoms with Crippen LogP contribution in [-0.4, -0.2) is 23.4 Å². The first-order valence-electron chi connectivity index (χ1n) is 6.59. The summed E-state index contributed by atoms with van der Waals surface area (Å²) in [6.45, 7) is 0.686. The van der Waals surface area contributed by atoms with Crippen LogP contribution in [0.5, 0.6) is 0 Å². The lowest BCUT2D eigenvalue weighted by atomic mass is 9.90. The molecule has 94 valence electrons. The van der Waals surface area contributed by atoms with Gasteiger partial charge in [0.2, 0.25) is 0 Å². The van der Waals surface area contributed by atoms with Crippen molar-refractivity contribution in [1.29, 1.82) is 0 Å². The first-order valence-corrected chi connectivity index (χ1v) is 6.59. The van der Waals surface area contributed by atoms with Gasteiger partial charge in [-0.2, -0.15) is 0 Å². The van der Waals surface area contributed by atoms with Crippen LogP contribution < -0.4 is 5.73 Å². The molecule has 2 N–H and O–H groups in total. The van der Waals surface area contributed by atoms with E-state index in [9.17, 15) is 4.39 Å². The number of hydrogen-bond acceptors (Lipinski definition) is 3. The predicted molar refractivity (Wildman–Crippen MR) is 67.7 cm³/mol. The Morgan fingerprint density at radius 2 is 2.22 bits per heavy atom. The van der Waals surface area contributed by atoms with E-state index in [-0.39, 0.29) is 11.4 Å². The van der Waals surface area contributed by atoms with E-state index in [2.05, 4.69) is 16.0 Å². The van der Waals surface area contributed by atoms with Crippen LogP contribution in [0.4, 0.5) is 4.39 Å². The Morgan fingerprint density at radius 1 is 1.39 bits per heavy atom. The molecule has 1 fully saturated rings. The molecule has 1 aliphatic heterocycles. The van der Waals surface area contributed by atoms with Crippen LogP contribution in [0.1, 0.15) is 30.4 Å². The molecule has 3 aliphatic rings. The number of fused-ring (bicyclic) bond motifs is 2. The molecule has 1 saturated carbocycles. The van der Waals surface area contributed by atoms with E-state index in [0.29, 0.717) is 18.5 Å². The Balaban J connectivity index is 1.85. The summed E-state index contributed by atoms with van der Waals surface area (Å²) in [6, 6.07) is 5.93. The smallest absolute Gasteiger partial charge is 0.192 e. The maximum atomic E-state index is 13.9. The molecule has 1 spiro atoms. The average Bonchev–Trinajstić information content (AvgIpc) is 3.04. The highest BCUT2D eigenvalue weighted by Crippen LogP contribution is 2.49. The highest BCUT2D eigenvalue weighted by molar-refractivity contribution is 5.82. The van der Waals surface area contributed by atoms with Gasteiger partial charge in [0, 0.05) is 6.04 Å². The molecule has 2 aliphatic carbocycles. The van der Waals surface area contributed by atoms with Crippen molar-refractivity contribution in [3.05, 3.63) is 35.1 Å². The van der Waals surface area contributed by atoms with Gasteiger partial charge in [0.05, 0.1) is 12.1 Å². The number of hydrogen-bond donors (Lipinski definition) is 1. The lowest BCUT2D eigenvalue weighted by molar-refractivity contribution is 0.193. The summed E-state index contributed by atoms with van der Waals surface area (Å²) in [5.41, 5.74) is 7.88. The molecule has 1 aromatic carbocycles. The second kappa shape index (κ2) is 3.25. The van der Waals surface area contributed by atoms with Crippen LogP contribution in [-0.2, 0) is 12.0 Å². The van der Waals surface area contributed by atoms with Crippen molar-refractivity contribution in [3.8, 4) is 0 Å². The molecule has 1 atom stereocenters. The first kappa shape index (κ1) is 10.4. The fourth-order valence-corrected chi connectivity index (χ4v) is 3.58. The van der Waals surface area contributed by atoms with Gasteiger partial charge in [-0.15, -0.1) is 0 Å². The zero-order valence-corrected chi connectivity index (χ0v) is 10.2. The molecule has 1 aromatic rings. The largest absolute Gasteiger partial charge is 0.370 e. The van der Waals surface area contributed by atoms with Crippen molar-refractivity contribution >= 4 is 5.96 Å². The number of nitrogens with zero attached hydrogens (tertiary/aromatic N) is 2. The molecule has 1 unspecified atom stereocenters. The van der Waals surface area contributed by atoms with Crippen LogP contribution >= 0.6 is 0 Å². The van der Waals surface area contributed by atoms with Crippen LogP contribution in [0.25, 0.3) is 0 Å². The lowest BCUT2D eigenvalue weighted by Gasteiger charge is -2.37. The number of rotatable bonds is 1. The van der Waals surface area contributed by atoms with Gasteiger partial charge < -0.3 is 10.6 Å². The second-order valence-electron chi connectivity index (χ2n) is 5.57. The maximum absolute atomic E-state index is 13.9. The lowest BCUT2D eigenvalue weighted by Crippen LogP contribution is -2.49. The highest BCUT2D eigenvalue weighted by Gasteiger charge is 2.53. The van der Waals surface area contributed by atoms with Gasteiger partial charge in [0.1, 0.15) is 5.82 Å². The number of halogens is 1. The van der Waals surface area contributed by atoms with E-state index < -0.39 is 0 Å². The zero-order valence-electron chi connectivity index (χ0n) is 10.2. The van der Waals surface area contributed by atoms with Gasteiger partial charge in [-0.1, -0.05) is 12.1 Å². The summed E-state index contributed by atoms with van der Waals surface area (Å²) in [7, 11) is 0. The SMILES string of the molecule is NC1=NCC2(CCc3c(F)cccc32)N1C1CC1. The Kier molecular flexibility index (Phi) is 1.87.